The minimum absolute atomic E-state index is 0.263. The van der Waals surface area contributed by atoms with Crippen molar-refractivity contribution >= 4 is 10.2 Å². The molecule has 3 heteroatoms. The van der Waals surface area contributed by atoms with E-state index in [-0.39, 0.29) is 5.41 Å². The van der Waals surface area contributed by atoms with Crippen LogP contribution in [0.2, 0.25) is 0 Å². The molecule has 0 N–H and O–H groups in total. The fraction of sp³-hybridized carbons (Fsp3) is 0.778. The van der Waals surface area contributed by atoms with Crippen molar-refractivity contribution < 1.29 is 9.47 Å². The molecule has 0 saturated carbocycles. The molecule has 0 bridgehead atoms. The number of hydrogen-bond acceptors (Lipinski definition) is 2. The Morgan fingerprint density at radius 2 is 1.92 bits per heavy atom. The number of ether oxygens (including phenoxy) is 2. The van der Waals surface area contributed by atoms with Gasteiger partial charge in [-0.1, -0.05) is 6.08 Å². The standard InChI is InChI=1S/C9H20O2Si/c1-4-5-6-7-8-9(12,10-2)11-3/h4H,1,5-8H2,2-3,12H3. The fourth-order valence-electron chi connectivity index (χ4n) is 1.02. The predicted octanol–water partition coefficient (Wildman–Crippen LogP) is 1.04. The van der Waals surface area contributed by atoms with Crippen LogP contribution in [0.5, 0.6) is 0 Å². The molecule has 0 saturated heterocycles. The molecule has 0 spiro atoms. The first-order chi connectivity index (χ1) is 5.68. The second kappa shape index (κ2) is 6.40. The Balaban J connectivity index is 3.51. The summed E-state index contributed by atoms with van der Waals surface area (Å²) in [7, 11) is 4.34. The molecule has 2 nitrogen and oxygen atoms in total. The molecule has 0 aromatic rings. The highest BCUT2D eigenvalue weighted by molar-refractivity contribution is 6.13. The second-order valence-electron chi connectivity index (χ2n) is 3.08. The molecule has 0 amide bonds. The second-order valence-corrected chi connectivity index (χ2v) is 4.60. The molecule has 0 radical (unpaired) electrons. The van der Waals surface area contributed by atoms with Crippen molar-refractivity contribution in [3.8, 4) is 0 Å². The fourth-order valence-corrected chi connectivity index (χ4v) is 1.38. The molecule has 0 unspecified atom stereocenters. The normalized spacial score (nSPS) is 11.8. The minimum Gasteiger partial charge on any atom is -0.358 e. The van der Waals surface area contributed by atoms with Crippen LogP contribution < -0.4 is 0 Å². The van der Waals surface area contributed by atoms with Crippen LogP contribution >= 0.6 is 0 Å². The van der Waals surface area contributed by atoms with E-state index in [1.54, 1.807) is 14.2 Å². The van der Waals surface area contributed by atoms with Gasteiger partial charge in [0.1, 0.15) is 5.41 Å². The van der Waals surface area contributed by atoms with Crippen molar-refractivity contribution in [2.75, 3.05) is 14.2 Å². The maximum absolute atomic E-state index is 5.28. The molecule has 0 aliphatic rings. The SMILES string of the molecule is C=CCCCCC([SiH3])(OC)OC. The number of hydrogen-bond donors (Lipinski definition) is 0. The van der Waals surface area contributed by atoms with Crippen molar-refractivity contribution in [1.29, 1.82) is 0 Å². The first kappa shape index (κ1) is 11.9. The topological polar surface area (TPSA) is 18.5 Å². The summed E-state index contributed by atoms with van der Waals surface area (Å²) in [5.74, 6) is 0. The molecule has 0 atom stereocenters. The Hall–Kier alpha value is -0.123. The third kappa shape index (κ3) is 4.69. The zero-order chi connectivity index (χ0) is 9.45. The Labute approximate surface area is 78.4 Å². The third-order valence-electron chi connectivity index (χ3n) is 2.15. The summed E-state index contributed by atoms with van der Waals surface area (Å²) in [6.07, 6.45) is 6.37. The molecular weight excluding hydrogens is 168 g/mol. The number of rotatable bonds is 7. The quantitative estimate of drug-likeness (QED) is 0.257. The van der Waals surface area contributed by atoms with E-state index in [0.29, 0.717) is 0 Å². The molecule has 0 rings (SSSR count). The van der Waals surface area contributed by atoms with Crippen LogP contribution in [0.15, 0.2) is 12.7 Å². The maximum Gasteiger partial charge on any atom is 0.140 e. The maximum atomic E-state index is 5.28. The molecule has 0 heterocycles. The predicted molar refractivity (Wildman–Crippen MR) is 55.4 cm³/mol. The van der Waals surface area contributed by atoms with Gasteiger partial charge >= 0.3 is 0 Å². The molecule has 72 valence electrons. The summed E-state index contributed by atoms with van der Waals surface area (Å²) in [5, 5.41) is 0. The van der Waals surface area contributed by atoms with Gasteiger partial charge in [0.05, 0.1) is 10.2 Å². The van der Waals surface area contributed by atoms with E-state index in [1.807, 2.05) is 6.08 Å². The average molecular weight is 188 g/mol. The lowest BCUT2D eigenvalue weighted by atomic mass is 10.2. The number of allylic oxidation sites excluding steroid dienone is 1. The van der Waals surface area contributed by atoms with Crippen molar-refractivity contribution in [1.82, 2.24) is 0 Å². The van der Waals surface area contributed by atoms with Gasteiger partial charge in [0, 0.05) is 14.2 Å². The van der Waals surface area contributed by atoms with Crippen molar-refractivity contribution in [3.63, 3.8) is 0 Å². The van der Waals surface area contributed by atoms with Crippen LogP contribution in [0, 0.1) is 0 Å². The van der Waals surface area contributed by atoms with Gasteiger partial charge in [0.25, 0.3) is 0 Å². The largest absolute Gasteiger partial charge is 0.358 e. The summed E-state index contributed by atoms with van der Waals surface area (Å²) in [5.41, 5.74) is -0.263. The molecular formula is C9H20O2Si. The van der Waals surface area contributed by atoms with Crippen molar-refractivity contribution in [2.45, 2.75) is 31.1 Å². The molecule has 0 aliphatic heterocycles. The first-order valence-electron chi connectivity index (χ1n) is 4.39. The molecule has 0 aromatic carbocycles. The van der Waals surface area contributed by atoms with Gasteiger partial charge in [-0.3, -0.25) is 0 Å². The van der Waals surface area contributed by atoms with Crippen LogP contribution in [-0.2, 0) is 9.47 Å². The van der Waals surface area contributed by atoms with Gasteiger partial charge in [0.15, 0.2) is 0 Å². The van der Waals surface area contributed by atoms with E-state index >= 15 is 0 Å². The lowest BCUT2D eigenvalue weighted by molar-refractivity contribution is -0.146. The molecule has 12 heavy (non-hydrogen) atoms. The summed E-state index contributed by atoms with van der Waals surface area (Å²) >= 11 is 0. The lowest BCUT2D eigenvalue weighted by Crippen LogP contribution is -2.33. The van der Waals surface area contributed by atoms with E-state index in [4.69, 9.17) is 9.47 Å². The number of methoxy groups -OCH3 is 2. The summed E-state index contributed by atoms with van der Waals surface area (Å²) in [6.45, 7) is 3.68. The van der Waals surface area contributed by atoms with Crippen LogP contribution in [-0.4, -0.2) is 29.9 Å². The van der Waals surface area contributed by atoms with Crippen molar-refractivity contribution in [2.24, 2.45) is 0 Å². The molecule has 0 aliphatic carbocycles. The van der Waals surface area contributed by atoms with Crippen LogP contribution in [0.3, 0.4) is 0 Å². The third-order valence-corrected chi connectivity index (χ3v) is 3.47. The Morgan fingerprint density at radius 1 is 1.33 bits per heavy atom. The van der Waals surface area contributed by atoms with Crippen LogP contribution in [0.25, 0.3) is 0 Å². The van der Waals surface area contributed by atoms with E-state index in [1.165, 1.54) is 6.42 Å². The monoisotopic (exact) mass is 188 g/mol. The highest BCUT2D eigenvalue weighted by Gasteiger charge is 2.20. The minimum atomic E-state index is -0.263. The Morgan fingerprint density at radius 3 is 2.33 bits per heavy atom. The van der Waals surface area contributed by atoms with Gasteiger partial charge in [-0.05, 0) is 25.7 Å². The average Bonchev–Trinajstić information content (AvgIpc) is 2.12. The zero-order valence-electron chi connectivity index (χ0n) is 8.43. The van der Waals surface area contributed by atoms with Crippen LogP contribution in [0.1, 0.15) is 25.7 Å². The summed E-state index contributed by atoms with van der Waals surface area (Å²) in [4.78, 5) is 0. The number of unbranched alkanes of at least 4 members (excludes halogenated alkanes) is 2. The van der Waals surface area contributed by atoms with E-state index in [2.05, 4.69) is 6.58 Å². The zero-order valence-corrected chi connectivity index (χ0v) is 10.4. The van der Waals surface area contributed by atoms with Gasteiger partial charge in [-0.2, -0.15) is 0 Å². The van der Waals surface area contributed by atoms with Crippen molar-refractivity contribution in [3.05, 3.63) is 12.7 Å². The smallest absolute Gasteiger partial charge is 0.140 e. The molecule has 0 aromatic heterocycles. The Bertz CT molecular complexity index is 122. The van der Waals surface area contributed by atoms with Crippen LogP contribution in [0.4, 0.5) is 0 Å². The Kier molecular flexibility index (Phi) is 6.33. The molecule has 0 fully saturated rings. The van der Waals surface area contributed by atoms with Gasteiger partial charge in [0.2, 0.25) is 0 Å². The van der Waals surface area contributed by atoms with Gasteiger partial charge in [-0.15, -0.1) is 6.58 Å². The highest BCUT2D eigenvalue weighted by atomic mass is 28.1. The van der Waals surface area contributed by atoms with Gasteiger partial charge < -0.3 is 9.47 Å². The van der Waals surface area contributed by atoms with E-state index in [0.717, 1.165) is 29.5 Å². The summed E-state index contributed by atoms with van der Waals surface area (Å²) in [6, 6.07) is 0. The van der Waals surface area contributed by atoms with Gasteiger partial charge in [-0.25, -0.2) is 0 Å². The summed E-state index contributed by atoms with van der Waals surface area (Å²) < 4.78 is 10.6. The highest BCUT2D eigenvalue weighted by Crippen LogP contribution is 2.15. The van der Waals surface area contributed by atoms with E-state index < -0.39 is 0 Å². The van der Waals surface area contributed by atoms with E-state index in [9.17, 15) is 0 Å². The lowest BCUT2D eigenvalue weighted by Gasteiger charge is -2.26. The first-order valence-corrected chi connectivity index (χ1v) is 5.39.